The van der Waals surface area contributed by atoms with E-state index in [9.17, 15) is 9.59 Å². The van der Waals surface area contributed by atoms with Crippen molar-refractivity contribution in [2.24, 2.45) is 0 Å². The first kappa shape index (κ1) is 17.5. The Morgan fingerprint density at radius 1 is 1.32 bits per heavy atom. The van der Waals surface area contributed by atoms with Gasteiger partial charge in [0.15, 0.2) is 5.16 Å². The summed E-state index contributed by atoms with van der Waals surface area (Å²) in [5, 5.41) is 2.94. The molecule has 132 valence electrons. The Kier molecular flexibility index (Phi) is 5.43. The minimum atomic E-state index is -0.408. The van der Waals surface area contributed by atoms with Crippen molar-refractivity contribution in [1.29, 1.82) is 0 Å². The first-order valence-electron chi connectivity index (χ1n) is 8.31. The number of H-pyrrole nitrogens is 1. The zero-order valence-corrected chi connectivity index (χ0v) is 15.1. The molecule has 0 aliphatic heterocycles. The van der Waals surface area contributed by atoms with Gasteiger partial charge in [-0.3, -0.25) is 9.59 Å². The Morgan fingerprint density at radius 2 is 2.08 bits per heavy atom. The number of aromatic amines is 1. The molecule has 1 aromatic heterocycles. The predicted octanol–water partition coefficient (Wildman–Crippen LogP) is 2.78. The van der Waals surface area contributed by atoms with Crippen LogP contribution in [0.1, 0.15) is 31.0 Å². The van der Waals surface area contributed by atoms with Crippen LogP contribution in [0.15, 0.2) is 34.2 Å². The van der Waals surface area contributed by atoms with Gasteiger partial charge in [0, 0.05) is 5.56 Å². The van der Waals surface area contributed by atoms with Crippen molar-refractivity contribution in [1.82, 2.24) is 9.97 Å². The number of amides is 1. The highest BCUT2D eigenvalue weighted by Gasteiger charge is 2.20. The molecule has 0 radical (unpaired) electrons. The van der Waals surface area contributed by atoms with E-state index in [1.165, 1.54) is 11.8 Å². The Balaban J connectivity index is 1.71. The number of nitrogens with zero attached hydrogens (tertiary/aromatic N) is 1. The van der Waals surface area contributed by atoms with Crippen LogP contribution in [-0.2, 0) is 17.6 Å². The molecule has 0 saturated heterocycles. The van der Waals surface area contributed by atoms with Gasteiger partial charge in [-0.25, -0.2) is 4.98 Å². The predicted molar refractivity (Wildman–Crippen MR) is 98.4 cm³/mol. The van der Waals surface area contributed by atoms with Gasteiger partial charge in [-0.05, 0) is 44.7 Å². The van der Waals surface area contributed by atoms with Gasteiger partial charge in [-0.2, -0.15) is 0 Å². The molecule has 3 rings (SSSR count). The molecule has 1 atom stereocenters. The Bertz CT molecular complexity index is 835. The maximum atomic E-state index is 12.5. The van der Waals surface area contributed by atoms with E-state index in [0.717, 1.165) is 36.9 Å². The molecule has 7 heteroatoms. The van der Waals surface area contributed by atoms with Crippen LogP contribution >= 0.6 is 11.8 Å². The van der Waals surface area contributed by atoms with E-state index in [1.807, 2.05) is 12.1 Å². The molecule has 2 N–H and O–H groups in total. The van der Waals surface area contributed by atoms with E-state index in [0.29, 0.717) is 16.6 Å². The fourth-order valence-electron chi connectivity index (χ4n) is 2.84. The molecule has 1 amide bonds. The summed E-state index contributed by atoms with van der Waals surface area (Å²) < 4.78 is 5.24. The van der Waals surface area contributed by atoms with E-state index >= 15 is 0 Å². The normalized spacial score (nSPS) is 14.5. The second kappa shape index (κ2) is 7.74. The minimum absolute atomic E-state index is 0.0791. The lowest BCUT2D eigenvalue weighted by Gasteiger charge is -2.16. The molecule has 25 heavy (non-hydrogen) atoms. The number of aryl methyl sites for hydroxylation is 1. The zero-order chi connectivity index (χ0) is 17.8. The van der Waals surface area contributed by atoms with E-state index in [1.54, 1.807) is 26.2 Å². The number of ether oxygens (including phenoxy) is 1. The second-order valence-electron chi connectivity index (χ2n) is 5.95. The lowest BCUT2D eigenvalue weighted by Crippen LogP contribution is -2.25. The molecule has 0 bridgehead atoms. The molecule has 0 fully saturated rings. The first-order chi connectivity index (χ1) is 12.1. The number of nitrogens with one attached hydrogen (secondary N) is 2. The number of methoxy groups -OCH3 is 1. The Morgan fingerprint density at radius 3 is 2.88 bits per heavy atom. The highest BCUT2D eigenvalue weighted by Crippen LogP contribution is 2.26. The topological polar surface area (TPSA) is 84.1 Å². The van der Waals surface area contributed by atoms with Gasteiger partial charge in [-0.15, -0.1) is 0 Å². The molecule has 1 aliphatic rings. The SMILES string of the molecule is COc1ccccc1NC(=O)C(C)Sc1nc2c(c(=O)[nH]1)CCCC2. The lowest BCUT2D eigenvalue weighted by atomic mass is 9.97. The average Bonchev–Trinajstić information content (AvgIpc) is 2.62. The summed E-state index contributed by atoms with van der Waals surface area (Å²) in [6.07, 6.45) is 3.69. The number of para-hydroxylation sites is 2. The second-order valence-corrected chi connectivity index (χ2v) is 7.28. The largest absolute Gasteiger partial charge is 0.495 e. The van der Waals surface area contributed by atoms with Gasteiger partial charge in [-0.1, -0.05) is 23.9 Å². The number of carbonyl (C=O) groups is 1. The van der Waals surface area contributed by atoms with Crippen molar-refractivity contribution in [2.75, 3.05) is 12.4 Å². The van der Waals surface area contributed by atoms with Crippen molar-refractivity contribution in [2.45, 2.75) is 43.0 Å². The van der Waals surface area contributed by atoms with Crippen molar-refractivity contribution in [3.63, 3.8) is 0 Å². The van der Waals surface area contributed by atoms with Gasteiger partial charge in [0.05, 0.1) is 23.7 Å². The minimum Gasteiger partial charge on any atom is -0.495 e. The highest BCUT2D eigenvalue weighted by atomic mass is 32.2. The number of carbonyl (C=O) groups excluding carboxylic acids is 1. The van der Waals surface area contributed by atoms with Crippen molar-refractivity contribution in [3.8, 4) is 5.75 Å². The summed E-state index contributed by atoms with van der Waals surface area (Å²) in [6.45, 7) is 1.79. The van der Waals surface area contributed by atoms with Crippen molar-refractivity contribution >= 4 is 23.4 Å². The van der Waals surface area contributed by atoms with Gasteiger partial charge in [0.1, 0.15) is 5.75 Å². The fourth-order valence-corrected chi connectivity index (χ4v) is 3.65. The quantitative estimate of drug-likeness (QED) is 0.633. The van der Waals surface area contributed by atoms with Crippen molar-refractivity contribution < 1.29 is 9.53 Å². The Labute approximate surface area is 150 Å². The van der Waals surface area contributed by atoms with Crippen LogP contribution in [-0.4, -0.2) is 28.2 Å². The maximum absolute atomic E-state index is 12.5. The van der Waals surface area contributed by atoms with Crippen LogP contribution in [0.3, 0.4) is 0 Å². The van der Waals surface area contributed by atoms with Crippen LogP contribution < -0.4 is 15.6 Å². The molecule has 0 spiro atoms. The molecule has 1 heterocycles. The smallest absolute Gasteiger partial charge is 0.254 e. The molecule has 1 aliphatic carbocycles. The van der Waals surface area contributed by atoms with E-state index in [-0.39, 0.29) is 11.5 Å². The number of thioether (sulfide) groups is 1. The van der Waals surface area contributed by atoms with Gasteiger partial charge in [0.2, 0.25) is 5.91 Å². The zero-order valence-electron chi connectivity index (χ0n) is 14.3. The number of hydrogen-bond acceptors (Lipinski definition) is 5. The maximum Gasteiger partial charge on any atom is 0.254 e. The standard InChI is InChI=1S/C18H21N3O3S/c1-11(16(22)19-14-9-5-6-10-15(14)24-2)25-18-20-13-8-4-3-7-12(13)17(23)21-18/h5-6,9-11H,3-4,7-8H2,1-2H3,(H,19,22)(H,20,21,23). The number of fused-ring (bicyclic) bond motifs is 1. The van der Waals surface area contributed by atoms with Crippen LogP contribution in [0.2, 0.25) is 0 Å². The summed E-state index contributed by atoms with van der Waals surface area (Å²) in [6, 6.07) is 7.25. The average molecular weight is 359 g/mol. The van der Waals surface area contributed by atoms with E-state index in [2.05, 4.69) is 15.3 Å². The third-order valence-electron chi connectivity index (χ3n) is 4.19. The lowest BCUT2D eigenvalue weighted by molar-refractivity contribution is -0.115. The van der Waals surface area contributed by atoms with Crippen molar-refractivity contribution in [3.05, 3.63) is 45.9 Å². The monoisotopic (exact) mass is 359 g/mol. The van der Waals surface area contributed by atoms with Crippen LogP contribution in [0.25, 0.3) is 0 Å². The number of benzene rings is 1. The van der Waals surface area contributed by atoms with Gasteiger partial charge in [0.25, 0.3) is 5.56 Å². The highest BCUT2D eigenvalue weighted by molar-refractivity contribution is 8.00. The summed E-state index contributed by atoms with van der Waals surface area (Å²) >= 11 is 1.25. The summed E-state index contributed by atoms with van der Waals surface area (Å²) in [5.41, 5.74) is 2.20. The number of aromatic nitrogens is 2. The fraction of sp³-hybridized carbons (Fsp3) is 0.389. The summed E-state index contributed by atoms with van der Waals surface area (Å²) in [7, 11) is 1.56. The summed E-state index contributed by atoms with van der Waals surface area (Å²) in [4.78, 5) is 32.0. The number of rotatable bonds is 5. The van der Waals surface area contributed by atoms with Crippen LogP contribution in [0.5, 0.6) is 5.75 Å². The van der Waals surface area contributed by atoms with E-state index < -0.39 is 5.25 Å². The molecule has 6 nitrogen and oxygen atoms in total. The summed E-state index contributed by atoms with van der Waals surface area (Å²) in [5.74, 6) is 0.434. The molecule has 2 aromatic rings. The molecule has 0 saturated carbocycles. The third kappa shape index (κ3) is 4.04. The molecular weight excluding hydrogens is 338 g/mol. The van der Waals surface area contributed by atoms with Crippen LogP contribution in [0.4, 0.5) is 5.69 Å². The molecule has 1 aromatic carbocycles. The van der Waals surface area contributed by atoms with Gasteiger partial charge < -0.3 is 15.0 Å². The first-order valence-corrected chi connectivity index (χ1v) is 9.19. The number of hydrogen-bond donors (Lipinski definition) is 2. The Hall–Kier alpha value is -2.28. The molecule has 1 unspecified atom stereocenters. The number of anilines is 1. The third-order valence-corrected chi connectivity index (χ3v) is 5.18. The van der Waals surface area contributed by atoms with E-state index in [4.69, 9.17) is 4.74 Å². The molecular formula is C18H21N3O3S. The van der Waals surface area contributed by atoms with Gasteiger partial charge >= 0.3 is 0 Å². The van der Waals surface area contributed by atoms with Crippen LogP contribution in [0, 0.1) is 0 Å².